The molecule has 96 valence electrons. The van der Waals surface area contributed by atoms with Crippen LogP contribution in [0.5, 0.6) is 0 Å². The molecule has 2 unspecified atom stereocenters. The van der Waals surface area contributed by atoms with Crippen LogP contribution in [0.3, 0.4) is 0 Å². The summed E-state index contributed by atoms with van der Waals surface area (Å²) in [7, 11) is 0. The molecule has 0 amide bonds. The molecular weight excluding hydrogens is 232 g/mol. The van der Waals surface area contributed by atoms with Gasteiger partial charge in [0.05, 0.1) is 12.6 Å². The molecule has 0 saturated carbocycles. The number of hydrogen-bond donors (Lipinski definition) is 1. The van der Waals surface area contributed by atoms with Crippen molar-refractivity contribution in [1.82, 2.24) is 4.90 Å². The summed E-state index contributed by atoms with van der Waals surface area (Å²) in [6.07, 6.45) is 2.12. The zero-order valence-corrected chi connectivity index (χ0v) is 11.3. The van der Waals surface area contributed by atoms with E-state index < -0.39 is 0 Å². The molecule has 0 aromatic carbocycles. The molecule has 1 aromatic rings. The number of thiophene rings is 1. The predicted octanol–water partition coefficient (Wildman–Crippen LogP) is 2.25. The Kier molecular flexibility index (Phi) is 4.98. The zero-order valence-electron chi connectivity index (χ0n) is 10.5. The van der Waals surface area contributed by atoms with Gasteiger partial charge in [0.25, 0.3) is 0 Å². The highest BCUT2D eigenvalue weighted by atomic mass is 32.1. The van der Waals surface area contributed by atoms with Crippen LogP contribution in [0.25, 0.3) is 0 Å². The summed E-state index contributed by atoms with van der Waals surface area (Å²) in [6, 6.07) is 2.77. The maximum atomic E-state index is 6.31. The van der Waals surface area contributed by atoms with Gasteiger partial charge in [0.15, 0.2) is 0 Å². The number of ether oxygens (including phenoxy) is 1. The van der Waals surface area contributed by atoms with Gasteiger partial charge in [0, 0.05) is 25.7 Å². The van der Waals surface area contributed by atoms with Crippen molar-refractivity contribution >= 4 is 11.3 Å². The average molecular weight is 254 g/mol. The molecule has 3 nitrogen and oxygen atoms in total. The van der Waals surface area contributed by atoms with Crippen LogP contribution in [-0.4, -0.2) is 37.2 Å². The van der Waals surface area contributed by atoms with E-state index in [9.17, 15) is 0 Å². The van der Waals surface area contributed by atoms with Crippen LogP contribution in [0.2, 0.25) is 0 Å². The second kappa shape index (κ2) is 6.50. The third-order valence-corrected chi connectivity index (χ3v) is 4.11. The van der Waals surface area contributed by atoms with Crippen molar-refractivity contribution in [1.29, 1.82) is 0 Å². The summed E-state index contributed by atoms with van der Waals surface area (Å²) in [5.74, 6) is 0. The lowest BCUT2D eigenvalue weighted by molar-refractivity contribution is 0.125. The third-order valence-electron chi connectivity index (χ3n) is 3.41. The molecular formula is C13H22N2OS. The van der Waals surface area contributed by atoms with Crippen molar-refractivity contribution in [2.45, 2.75) is 31.8 Å². The van der Waals surface area contributed by atoms with Crippen molar-refractivity contribution < 1.29 is 4.74 Å². The van der Waals surface area contributed by atoms with Crippen LogP contribution >= 0.6 is 11.3 Å². The molecule has 1 aliphatic heterocycles. The van der Waals surface area contributed by atoms with Crippen LogP contribution in [0.1, 0.15) is 31.4 Å². The Morgan fingerprint density at radius 3 is 3.06 bits per heavy atom. The molecule has 0 bridgehead atoms. The topological polar surface area (TPSA) is 38.5 Å². The van der Waals surface area contributed by atoms with Gasteiger partial charge >= 0.3 is 0 Å². The van der Waals surface area contributed by atoms with Crippen LogP contribution in [0, 0.1) is 0 Å². The lowest BCUT2D eigenvalue weighted by Gasteiger charge is -2.33. The van der Waals surface area contributed by atoms with Crippen molar-refractivity contribution in [3.63, 3.8) is 0 Å². The molecule has 2 heterocycles. The first-order chi connectivity index (χ1) is 8.33. The van der Waals surface area contributed by atoms with E-state index in [1.807, 2.05) is 0 Å². The van der Waals surface area contributed by atoms with Crippen LogP contribution in [0.15, 0.2) is 16.8 Å². The summed E-state index contributed by atoms with van der Waals surface area (Å²) in [5, 5.41) is 4.37. The average Bonchev–Trinajstić information content (AvgIpc) is 2.73. The first-order valence-electron chi connectivity index (χ1n) is 6.42. The largest absolute Gasteiger partial charge is 0.380 e. The van der Waals surface area contributed by atoms with E-state index in [4.69, 9.17) is 10.5 Å². The molecule has 0 aliphatic carbocycles. The Balaban J connectivity index is 2.14. The van der Waals surface area contributed by atoms with Crippen molar-refractivity contribution in [3.8, 4) is 0 Å². The standard InChI is InChI=1S/C13H22N2OS/c1-2-12(14)13(11-4-9-17-10-11)15-5-3-7-16-8-6-15/h4,9-10,12-13H,2-3,5-8,14H2,1H3. The van der Waals surface area contributed by atoms with E-state index in [-0.39, 0.29) is 6.04 Å². The van der Waals surface area contributed by atoms with Gasteiger partial charge in [-0.1, -0.05) is 6.92 Å². The van der Waals surface area contributed by atoms with E-state index in [0.29, 0.717) is 6.04 Å². The Labute approximate surface area is 108 Å². The minimum absolute atomic E-state index is 0.211. The fraction of sp³-hybridized carbons (Fsp3) is 0.692. The van der Waals surface area contributed by atoms with Gasteiger partial charge in [-0.2, -0.15) is 11.3 Å². The summed E-state index contributed by atoms with van der Waals surface area (Å²) in [6.45, 7) is 5.96. The Morgan fingerprint density at radius 2 is 2.35 bits per heavy atom. The Bertz CT molecular complexity index is 307. The van der Waals surface area contributed by atoms with E-state index in [1.165, 1.54) is 5.56 Å². The molecule has 4 heteroatoms. The maximum Gasteiger partial charge on any atom is 0.0593 e. The smallest absolute Gasteiger partial charge is 0.0593 e. The maximum absolute atomic E-state index is 6.31. The van der Waals surface area contributed by atoms with Crippen molar-refractivity contribution in [3.05, 3.63) is 22.4 Å². The summed E-state index contributed by atoms with van der Waals surface area (Å²) in [4.78, 5) is 2.49. The van der Waals surface area contributed by atoms with E-state index in [2.05, 4.69) is 28.7 Å². The quantitative estimate of drug-likeness (QED) is 0.895. The van der Waals surface area contributed by atoms with Gasteiger partial charge < -0.3 is 10.5 Å². The number of nitrogens with zero attached hydrogens (tertiary/aromatic N) is 1. The van der Waals surface area contributed by atoms with Gasteiger partial charge in [-0.3, -0.25) is 4.90 Å². The molecule has 0 spiro atoms. The Morgan fingerprint density at radius 1 is 1.47 bits per heavy atom. The van der Waals surface area contributed by atoms with Gasteiger partial charge in [-0.05, 0) is 35.2 Å². The first-order valence-corrected chi connectivity index (χ1v) is 7.36. The summed E-state index contributed by atoms with van der Waals surface area (Å²) >= 11 is 1.75. The van der Waals surface area contributed by atoms with Crippen molar-refractivity contribution in [2.24, 2.45) is 5.73 Å². The number of rotatable bonds is 4. The highest BCUT2D eigenvalue weighted by Gasteiger charge is 2.26. The summed E-state index contributed by atoms with van der Waals surface area (Å²) in [5.41, 5.74) is 7.68. The predicted molar refractivity (Wildman–Crippen MR) is 72.3 cm³/mol. The van der Waals surface area contributed by atoms with E-state index >= 15 is 0 Å². The van der Waals surface area contributed by atoms with Gasteiger partial charge in [-0.15, -0.1) is 0 Å². The second-order valence-corrected chi connectivity index (χ2v) is 5.36. The molecule has 2 rings (SSSR count). The van der Waals surface area contributed by atoms with Crippen molar-refractivity contribution in [2.75, 3.05) is 26.3 Å². The molecule has 2 atom stereocenters. The molecule has 0 radical (unpaired) electrons. The third kappa shape index (κ3) is 3.28. The normalized spacial score (nSPS) is 22.0. The van der Waals surface area contributed by atoms with Gasteiger partial charge in [0.1, 0.15) is 0 Å². The van der Waals surface area contributed by atoms with E-state index in [0.717, 1.165) is 39.1 Å². The molecule has 17 heavy (non-hydrogen) atoms. The van der Waals surface area contributed by atoms with Crippen LogP contribution < -0.4 is 5.73 Å². The SMILES string of the molecule is CCC(N)C(c1ccsc1)N1CCCOCC1. The fourth-order valence-electron chi connectivity index (χ4n) is 2.44. The molecule has 1 aliphatic rings. The minimum Gasteiger partial charge on any atom is -0.380 e. The first kappa shape index (κ1) is 13.0. The molecule has 1 aromatic heterocycles. The highest BCUT2D eigenvalue weighted by Crippen LogP contribution is 2.27. The molecule has 1 fully saturated rings. The minimum atomic E-state index is 0.211. The second-order valence-electron chi connectivity index (χ2n) is 4.58. The number of hydrogen-bond acceptors (Lipinski definition) is 4. The van der Waals surface area contributed by atoms with Gasteiger partial charge in [0.2, 0.25) is 0 Å². The number of nitrogens with two attached hydrogens (primary N) is 1. The highest BCUT2D eigenvalue weighted by molar-refractivity contribution is 7.07. The summed E-state index contributed by atoms with van der Waals surface area (Å²) < 4.78 is 5.53. The van der Waals surface area contributed by atoms with Crippen LogP contribution in [-0.2, 0) is 4.74 Å². The van der Waals surface area contributed by atoms with Gasteiger partial charge in [-0.25, -0.2) is 0 Å². The molecule has 1 saturated heterocycles. The molecule has 2 N–H and O–H groups in total. The van der Waals surface area contributed by atoms with Crippen LogP contribution in [0.4, 0.5) is 0 Å². The Hall–Kier alpha value is -0.420. The zero-order chi connectivity index (χ0) is 12.1. The lowest BCUT2D eigenvalue weighted by Crippen LogP contribution is -2.41. The van der Waals surface area contributed by atoms with E-state index in [1.54, 1.807) is 11.3 Å². The fourth-order valence-corrected chi connectivity index (χ4v) is 3.13. The monoisotopic (exact) mass is 254 g/mol. The lowest BCUT2D eigenvalue weighted by atomic mass is 9.98.